The van der Waals surface area contributed by atoms with E-state index in [0.717, 1.165) is 5.69 Å². The number of pyridine rings is 1. The van der Waals surface area contributed by atoms with Crippen molar-refractivity contribution in [3.8, 4) is 0 Å². The Bertz CT molecular complexity index is 939. The van der Waals surface area contributed by atoms with Crippen molar-refractivity contribution >= 4 is 33.1 Å². The summed E-state index contributed by atoms with van der Waals surface area (Å²) in [6.07, 6.45) is 0. The lowest BCUT2D eigenvalue weighted by molar-refractivity contribution is 0.596. The standard InChI is InChI=1S/C15H13ClN4O2S/c1-10-9-14(20-19-10)18-15-12(7-8-13(16)17-15)23(21,22)11-5-3-2-4-6-11/h2-9H,1H3,(H2,17,18,19,20). The summed E-state index contributed by atoms with van der Waals surface area (Å²) in [5.74, 6) is 0.592. The highest BCUT2D eigenvalue weighted by molar-refractivity contribution is 7.91. The molecule has 0 radical (unpaired) electrons. The average Bonchev–Trinajstić information content (AvgIpc) is 2.93. The second kappa shape index (κ2) is 6.02. The van der Waals surface area contributed by atoms with E-state index in [4.69, 9.17) is 11.6 Å². The number of nitrogens with one attached hydrogen (secondary N) is 2. The number of benzene rings is 1. The maximum absolute atomic E-state index is 12.8. The number of nitrogens with zero attached hydrogens (tertiary/aromatic N) is 2. The molecular weight excluding hydrogens is 336 g/mol. The zero-order chi connectivity index (χ0) is 16.4. The second-order valence-electron chi connectivity index (χ2n) is 4.86. The number of hydrogen-bond donors (Lipinski definition) is 2. The fraction of sp³-hybridized carbons (Fsp3) is 0.0667. The highest BCUT2D eigenvalue weighted by Gasteiger charge is 2.23. The molecule has 0 unspecified atom stereocenters. The second-order valence-corrected chi connectivity index (χ2v) is 7.16. The van der Waals surface area contributed by atoms with E-state index in [1.807, 2.05) is 6.92 Å². The van der Waals surface area contributed by atoms with Gasteiger partial charge in [0.15, 0.2) is 11.6 Å². The molecule has 0 atom stereocenters. The van der Waals surface area contributed by atoms with E-state index < -0.39 is 9.84 Å². The molecular formula is C15H13ClN4O2S. The number of rotatable bonds is 4. The smallest absolute Gasteiger partial charge is 0.210 e. The van der Waals surface area contributed by atoms with E-state index in [-0.39, 0.29) is 20.8 Å². The van der Waals surface area contributed by atoms with Gasteiger partial charge in [-0.15, -0.1) is 0 Å². The molecule has 0 aliphatic heterocycles. The van der Waals surface area contributed by atoms with Gasteiger partial charge in [0, 0.05) is 11.8 Å². The van der Waals surface area contributed by atoms with Crippen LogP contribution in [0.15, 0.2) is 58.3 Å². The lowest BCUT2D eigenvalue weighted by atomic mass is 10.4. The molecule has 0 aliphatic rings. The van der Waals surface area contributed by atoms with Gasteiger partial charge in [-0.2, -0.15) is 5.10 Å². The van der Waals surface area contributed by atoms with Crippen molar-refractivity contribution in [2.75, 3.05) is 5.32 Å². The number of aromatic amines is 1. The minimum absolute atomic E-state index is 0.0359. The molecule has 0 bridgehead atoms. The largest absolute Gasteiger partial charge is 0.322 e. The first-order valence-corrected chi connectivity index (χ1v) is 8.58. The van der Waals surface area contributed by atoms with Crippen LogP contribution in [0.3, 0.4) is 0 Å². The lowest BCUT2D eigenvalue weighted by Crippen LogP contribution is -2.07. The molecule has 118 valence electrons. The summed E-state index contributed by atoms with van der Waals surface area (Å²) < 4.78 is 25.6. The van der Waals surface area contributed by atoms with Crippen LogP contribution in [-0.2, 0) is 9.84 Å². The summed E-state index contributed by atoms with van der Waals surface area (Å²) in [4.78, 5) is 4.31. The van der Waals surface area contributed by atoms with E-state index in [0.29, 0.717) is 5.82 Å². The molecule has 0 aliphatic carbocycles. The summed E-state index contributed by atoms with van der Waals surface area (Å²) in [5.41, 5.74) is 0.835. The predicted molar refractivity (Wildman–Crippen MR) is 87.7 cm³/mol. The number of hydrogen-bond acceptors (Lipinski definition) is 5. The summed E-state index contributed by atoms with van der Waals surface area (Å²) in [6, 6.07) is 12.8. The fourth-order valence-electron chi connectivity index (χ4n) is 2.06. The van der Waals surface area contributed by atoms with Crippen molar-refractivity contribution in [2.24, 2.45) is 0 Å². The lowest BCUT2D eigenvalue weighted by Gasteiger charge is -2.10. The van der Waals surface area contributed by atoms with Gasteiger partial charge in [-0.3, -0.25) is 5.10 Å². The monoisotopic (exact) mass is 348 g/mol. The SMILES string of the molecule is Cc1cc(Nc2nc(Cl)ccc2S(=O)(=O)c2ccccc2)n[nH]1. The Balaban J connectivity index is 2.09. The molecule has 1 aromatic carbocycles. The van der Waals surface area contributed by atoms with E-state index in [9.17, 15) is 8.42 Å². The van der Waals surface area contributed by atoms with Gasteiger partial charge < -0.3 is 5.32 Å². The summed E-state index contributed by atoms with van der Waals surface area (Å²) >= 11 is 5.91. The molecule has 3 aromatic rings. The maximum Gasteiger partial charge on any atom is 0.210 e. The topological polar surface area (TPSA) is 87.7 Å². The third-order valence-electron chi connectivity index (χ3n) is 3.12. The number of H-pyrrole nitrogens is 1. The molecule has 2 heterocycles. The molecule has 6 nitrogen and oxygen atoms in total. The van der Waals surface area contributed by atoms with Gasteiger partial charge in [-0.05, 0) is 31.2 Å². The minimum atomic E-state index is -3.72. The normalized spacial score (nSPS) is 11.4. The Hall–Kier alpha value is -2.38. The van der Waals surface area contributed by atoms with Crippen LogP contribution in [-0.4, -0.2) is 23.6 Å². The van der Waals surface area contributed by atoms with Crippen LogP contribution in [0.4, 0.5) is 11.6 Å². The number of anilines is 2. The first-order chi connectivity index (χ1) is 11.0. The first kappa shape index (κ1) is 15.5. The van der Waals surface area contributed by atoms with Crippen molar-refractivity contribution in [1.29, 1.82) is 0 Å². The van der Waals surface area contributed by atoms with Crippen molar-refractivity contribution in [3.05, 3.63) is 59.4 Å². The van der Waals surface area contributed by atoms with Crippen LogP contribution < -0.4 is 5.32 Å². The van der Waals surface area contributed by atoms with E-state index >= 15 is 0 Å². The number of aromatic nitrogens is 3. The van der Waals surface area contributed by atoms with E-state index in [1.165, 1.54) is 24.3 Å². The molecule has 0 saturated carbocycles. The predicted octanol–water partition coefficient (Wildman–Crippen LogP) is 3.34. The average molecular weight is 349 g/mol. The van der Waals surface area contributed by atoms with Crippen molar-refractivity contribution < 1.29 is 8.42 Å². The third kappa shape index (κ3) is 3.20. The Morgan fingerprint density at radius 3 is 2.52 bits per heavy atom. The van der Waals surface area contributed by atoms with Crippen LogP contribution in [0.1, 0.15) is 5.69 Å². The van der Waals surface area contributed by atoms with Crippen LogP contribution >= 0.6 is 11.6 Å². The molecule has 8 heteroatoms. The van der Waals surface area contributed by atoms with Crippen molar-refractivity contribution in [1.82, 2.24) is 15.2 Å². The van der Waals surface area contributed by atoms with Gasteiger partial charge >= 0.3 is 0 Å². The number of halogens is 1. The van der Waals surface area contributed by atoms with E-state index in [1.54, 1.807) is 24.3 Å². The van der Waals surface area contributed by atoms with Crippen LogP contribution in [0.5, 0.6) is 0 Å². The zero-order valence-electron chi connectivity index (χ0n) is 12.1. The zero-order valence-corrected chi connectivity index (χ0v) is 13.7. The minimum Gasteiger partial charge on any atom is -0.322 e. The summed E-state index contributed by atoms with van der Waals surface area (Å²) in [5, 5.41) is 9.87. The highest BCUT2D eigenvalue weighted by Crippen LogP contribution is 2.29. The molecule has 0 spiro atoms. The first-order valence-electron chi connectivity index (χ1n) is 6.72. The fourth-order valence-corrected chi connectivity index (χ4v) is 3.57. The molecule has 0 saturated heterocycles. The Labute approximate surface area is 138 Å². The van der Waals surface area contributed by atoms with Gasteiger partial charge in [-0.1, -0.05) is 29.8 Å². The summed E-state index contributed by atoms with van der Waals surface area (Å²) in [6.45, 7) is 1.84. The van der Waals surface area contributed by atoms with Crippen LogP contribution in [0, 0.1) is 6.92 Å². The van der Waals surface area contributed by atoms with Crippen molar-refractivity contribution in [2.45, 2.75) is 16.7 Å². The Morgan fingerprint density at radius 2 is 1.87 bits per heavy atom. The van der Waals surface area contributed by atoms with Crippen LogP contribution in [0.2, 0.25) is 5.15 Å². The Kier molecular flexibility index (Phi) is 4.06. The van der Waals surface area contributed by atoms with Crippen molar-refractivity contribution in [3.63, 3.8) is 0 Å². The Morgan fingerprint density at radius 1 is 1.13 bits per heavy atom. The number of sulfone groups is 1. The van der Waals surface area contributed by atoms with E-state index in [2.05, 4.69) is 20.5 Å². The van der Waals surface area contributed by atoms with Crippen LogP contribution in [0.25, 0.3) is 0 Å². The van der Waals surface area contributed by atoms with Gasteiger partial charge in [0.2, 0.25) is 9.84 Å². The molecule has 0 amide bonds. The molecule has 2 aromatic heterocycles. The molecule has 2 N–H and O–H groups in total. The third-order valence-corrected chi connectivity index (χ3v) is 5.13. The van der Waals surface area contributed by atoms with Gasteiger partial charge in [0.05, 0.1) is 4.90 Å². The highest BCUT2D eigenvalue weighted by atomic mass is 35.5. The molecule has 23 heavy (non-hydrogen) atoms. The number of aryl methyl sites for hydroxylation is 1. The quantitative estimate of drug-likeness (QED) is 0.706. The summed E-state index contributed by atoms with van der Waals surface area (Å²) in [7, 11) is -3.72. The van der Waals surface area contributed by atoms with Gasteiger partial charge in [0.25, 0.3) is 0 Å². The van der Waals surface area contributed by atoms with Gasteiger partial charge in [0.1, 0.15) is 10.0 Å². The molecule has 0 fully saturated rings. The van der Waals surface area contributed by atoms with Gasteiger partial charge in [-0.25, -0.2) is 13.4 Å². The maximum atomic E-state index is 12.8. The molecule has 3 rings (SSSR count).